The van der Waals surface area contributed by atoms with Crippen molar-refractivity contribution in [2.45, 2.75) is 78.6 Å². The molecule has 10 heteroatoms. The minimum Gasteiger partial charge on any atom is -0.508 e. The van der Waals surface area contributed by atoms with Crippen molar-refractivity contribution in [2.24, 2.45) is 0 Å². The number of hydrogen-bond donors (Lipinski definition) is 3. The predicted octanol–water partition coefficient (Wildman–Crippen LogP) is 12.7. The van der Waals surface area contributed by atoms with Gasteiger partial charge in [0.25, 0.3) is 0 Å². The van der Waals surface area contributed by atoms with Crippen LogP contribution in [0, 0.1) is 0 Å². The van der Waals surface area contributed by atoms with Gasteiger partial charge in [0.1, 0.15) is 28.7 Å². The first-order chi connectivity index (χ1) is 24.2. The topological polar surface area (TPSA) is 76.4 Å². The molecule has 0 unspecified atom stereocenters. The molecule has 0 amide bonds. The van der Waals surface area contributed by atoms with E-state index in [0.717, 1.165) is 53.3 Å². The van der Waals surface area contributed by atoms with E-state index in [9.17, 15) is 15.3 Å². The Morgan fingerprint density at radius 1 is 0.577 bits per heavy atom. The van der Waals surface area contributed by atoms with E-state index in [1.54, 1.807) is 6.07 Å². The summed E-state index contributed by atoms with van der Waals surface area (Å²) in [6, 6.07) is 21.7. The van der Waals surface area contributed by atoms with Crippen LogP contribution in [0.4, 0.5) is 0 Å². The number of benzene rings is 5. The molecule has 0 aliphatic rings. The Morgan fingerprint density at radius 3 is 1.71 bits per heavy atom. The summed E-state index contributed by atoms with van der Waals surface area (Å²) in [5.41, 5.74) is 5.63. The first-order valence-corrected chi connectivity index (χ1v) is 20.2. The molecule has 0 heterocycles. The predicted molar refractivity (Wildman–Crippen MR) is 227 cm³/mol. The molecule has 0 atom stereocenters. The van der Waals surface area contributed by atoms with Crippen LogP contribution in [-0.2, 0) is 37.0 Å². The smallest absolute Gasteiger partial charge is 0.146 e. The van der Waals surface area contributed by atoms with Crippen molar-refractivity contribution in [3.8, 4) is 28.7 Å². The number of phenolic OH excluding ortho intramolecular Hbond substituents is 3. The molecule has 0 aliphatic heterocycles. The van der Waals surface area contributed by atoms with Gasteiger partial charge in [-0.3, -0.25) is 9.80 Å². The van der Waals surface area contributed by atoms with E-state index in [1.807, 2.05) is 49.5 Å². The van der Waals surface area contributed by atoms with Crippen LogP contribution in [0.25, 0.3) is 10.8 Å². The quantitative estimate of drug-likeness (QED) is 0.129. The zero-order valence-electron chi connectivity index (χ0n) is 30.8. The van der Waals surface area contributed by atoms with Gasteiger partial charge < -0.3 is 20.1 Å². The number of nitrogens with zero attached hydrogens (tertiary/aromatic N) is 2. The van der Waals surface area contributed by atoms with Crippen molar-refractivity contribution in [3.63, 3.8) is 0 Å². The SMILES string of the molecule is CN(Cc1cc(C(C)(C)C)cc(Br)c1O)Cc1cc(C(C)(C)C)cc(Br)c1Oc1ccc2c(CN(C)Cc3cc(Br)cc(Br)c3O)c(O)ccc2c1. The molecule has 276 valence electrons. The first-order valence-electron chi connectivity index (χ1n) is 17.0. The van der Waals surface area contributed by atoms with Gasteiger partial charge in [0, 0.05) is 52.9 Å². The Balaban J connectivity index is 1.44. The third-order valence-electron chi connectivity index (χ3n) is 9.15. The highest BCUT2D eigenvalue weighted by molar-refractivity contribution is 9.11. The van der Waals surface area contributed by atoms with Crippen LogP contribution in [0.1, 0.15) is 74.9 Å². The minimum absolute atomic E-state index is 0.0623. The van der Waals surface area contributed by atoms with Crippen molar-refractivity contribution in [2.75, 3.05) is 14.1 Å². The van der Waals surface area contributed by atoms with Crippen LogP contribution in [0.2, 0.25) is 0 Å². The lowest BCUT2D eigenvalue weighted by molar-refractivity contribution is 0.306. The molecule has 0 aliphatic carbocycles. The van der Waals surface area contributed by atoms with E-state index in [0.29, 0.717) is 40.9 Å². The normalized spacial score (nSPS) is 12.3. The second-order valence-corrected chi connectivity index (χ2v) is 19.2. The van der Waals surface area contributed by atoms with Gasteiger partial charge in [-0.15, -0.1) is 0 Å². The van der Waals surface area contributed by atoms with Gasteiger partial charge in [0.2, 0.25) is 0 Å². The average molecular weight is 962 g/mol. The van der Waals surface area contributed by atoms with Gasteiger partial charge in [0.05, 0.1) is 13.4 Å². The van der Waals surface area contributed by atoms with Gasteiger partial charge in [-0.2, -0.15) is 0 Å². The van der Waals surface area contributed by atoms with E-state index >= 15 is 0 Å². The van der Waals surface area contributed by atoms with Crippen LogP contribution >= 0.6 is 63.7 Å². The largest absolute Gasteiger partial charge is 0.508 e. The summed E-state index contributed by atoms with van der Waals surface area (Å²) in [5, 5.41) is 34.4. The summed E-state index contributed by atoms with van der Waals surface area (Å²) in [6.45, 7) is 15.2. The van der Waals surface area contributed by atoms with Gasteiger partial charge in [0.15, 0.2) is 0 Å². The molecule has 0 spiro atoms. The number of aromatic hydroxyl groups is 3. The molecule has 3 N–H and O–H groups in total. The Hall–Kier alpha value is -2.60. The summed E-state index contributed by atoms with van der Waals surface area (Å²) >= 11 is 14.3. The van der Waals surface area contributed by atoms with E-state index in [4.69, 9.17) is 4.74 Å². The van der Waals surface area contributed by atoms with E-state index in [2.05, 4.69) is 140 Å². The van der Waals surface area contributed by atoms with Gasteiger partial charge in [-0.25, -0.2) is 0 Å². The second-order valence-electron chi connectivity index (χ2n) is 15.7. The maximum absolute atomic E-state index is 11.0. The lowest BCUT2D eigenvalue weighted by Crippen LogP contribution is -2.20. The number of phenols is 3. The summed E-state index contributed by atoms with van der Waals surface area (Å²) in [6.07, 6.45) is 0. The van der Waals surface area contributed by atoms with Gasteiger partial charge in [-0.1, -0.05) is 81.7 Å². The van der Waals surface area contributed by atoms with Crippen LogP contribution in [-0.4, -0.2) is 39.2 Å². The number of rotatable bonds is 10. The molecule has 0 saturated heterocycles. The molecule has 52 heavy (non-hydrogen) atoms. The Kier molecular flexibility index (Phi) is 12.5. The molecule has 0 saturated carbocycles. The Bertz CT molecular complexity index is 2120. The molecule has 0 fully saturated rings. The van der Waals surface area contributed by atoms with Crippen LogP contribution in [0.5, 0.6) is 28.7 Å². The number of halogens is 4. The van der Waals surface area contributed by atoms with Crippen molar-refractivity contribution < 1.29 is 20.1 Å². The fourth-order valence-corrected chi connectivity index (χ4v) is 8.62. The molecule has 0 aromatic heterocycles. The molecule has 6 nitrogen and oxygen atoms in total. The highest BCUT2D eigenvalue weighted by Crippen LogP contribution is 2.41. The van der Waals surface area contributed by atoms with Crippen LogP contribution < -0.4 is 4.74 Å². The highest BCUT2D eigenvalue weighted by atomic mass is 79.9. The summed E-state index contributed by atoms with van der Waals surface area (Å²) in [4.78, 5) is 4.24. The lowest BCUT2D eigenvalue weighted by atomic mass is 9.85. The zero-order chi connectivity index (χ0) is 38.3. The van der Waals surface area contributed by atoms with Gasteiger partial charge in [-0.05, 0) is 137 Å². The molecule has 0 bridgehead atoms. The third-order valence-corrected chi connectivity index (χ3v) is 11.4. The molecule has 5 aromatic carbocycles. The maximum Gasteiger partial charge on any atom is 0.146 e. The van der Waals surface area contributed by atoms with Crippen molar-refractivity contribution >= 4 is 74.5 Å². The maximum atomic E-state index is 11.0. The van der Waals surface area contributed by atoms with Crippen molar-refractivity contribution in [1.82, 2.24) is 9.80 Å². The van der Waals surface area contributed by atoms with Crippen LogP contribution in [0.15, 0.2) is 84.6 Å². The molecular formula is C42H46Br4N2O4. The monoisotopic (exact) mass is 958 g/mol. The zero-order valence-corrected chi connectivity index (χ0v) is 37.2. The Morgan fingerprint density at radius 2 is 1.10 bits per heavy atom. The summed E-state index contributed by atoms with van der Waals surface area (Å²) < 4.78 is 9.75. The standard InChI is InChI=1S/C42H46Br4N2O4/c1-41(2,3)28-13-25(38(50)34(44)17-28)20-47(7)22-27-14-29(42(4,5)6)18-36(46)40(27)52-31-10-11-32-24(16-31)9-12-37(49)33(32)23-48(8)21-26-15-30(43)19-35(45)39(26)51/h9-19,49-51H,20-23H2,1-8H3. The molecule has 5 aromatic rings. The van der Waals surface area contributed by atoms with Crippen molar-refractivity contribution in [1.29, 1.82) is 0 Å². The van der Waals surface area contributed by atoms with Gasteiger partial charge >= 0.3 is 0 Å². The third kappa shape index (κ3) is 9.54. The lowest BCUT2D eigenvalue weighted by Gasteiger charge is -2.26. The van der Waals surface area contributed by atoms with E-state index in [1.165, 1.54) is 5.56 Å². The second kappa shape index (κ2) is 16.0. The van der Waals surface area contributed by atoms with E-state index < -0.39 is 0 Å². The number of fused-ring (bicyclic) bond motifs is 1. The summed E-state index contributed by atoms with van der Waals surface area (Å²) in [7, 11) is 4.01. The molecule has 0 radical (unpaired) electrons. The minimum atomic E-state index is -0.0840. The average Bonchev–Trinajstić information content (AvgIpc) is 3.03. The Labute approximate surface area is 341 Å². The fourth-order valence-electron chi connectivity index (χ4n) is 6.23. The molecular weight excluding hydrogens is 916 g/mol. The summed E-state index contributed by atoms with van der Waals surface area (Å²) in [5.74, 6) is 2.07. The first kappa shape index (κ1) is 40.6. The van der Waals surface area contributed by atoms with Crippen LogP contribution in [0.3, 0.4) is 0 Å². The number of ether oxygens (including phenoxy) is 1. The highest BCUT2D eigenvalue weighted by Gasteiger charge is 2.23. The van der Waals surface area contributed by atoms with Crippen molar-refractivity contribution in [3.05, 3.63) is 118 Å². The number of hydrogen-bond acceptors (Lipinski definition) is 6. The molecule has 5 rings (SSSR count). The van der Waals surface area contributed by atoms with E-state index in [-0.39, 0.29) is 28.1 Å². The fraction of sp³-hybridized carbons (Fsp3) is 0.333.